The minimum atomic E-state index is -3.78. The third-order valence-electron chi connectivity index (χ3n) is 8.13. The molecule has 2 aromatic carbocycles. The molecule has 2 aliphatic rings. The fourth-order valence-corrected chi connectivity index (χ4v) is 8.85. The highest BCUT2D eigenvalue weighted by Gasteiger charge is 2.89. The van der Waals surface area contributed by atoms with Gasteiger partial charge in [-0.1, -0.05) is 57.2 Å². The van der Waals surface area contributed by atoms with E-state index in [9.17, 15) is 9.90 Å². The monoisotopic (exact) mass is 707 g/mol. The number of nitrogens with zero attached hydrogens (tertiary/aromatic N) is 4. The summed E-state index contributed by atoms with van der Waals surface area (Å²) >= 11 is 12.4. The number of fused-ring (bicyclic) bond motifs is 3. The Hall–Kier alpha value is -3.17. The number of nitrogens with one attached hydrogen (secondary N) is 2. The number of carbonyl (C=O) groups is 1. The summed E-state index contributed by atoms with van der Waals surface area (Å²) in [7, 11) is 1.64. The zero-order valence-electron chi connectivity index (χ0n) is 26.3. The molecule has 1 aliphatic carbocycles. The number of nitrogen functional groups attached to an aromatic ring is 1. The quantitative estimate of drug-likeness (QED) is 0.0982. The maximum Gasteiger partial charge on any atom is 0.323 e. The van der Waals surface area contributed by atoms with Crippen LogP contribution in [0.25, 0.3) is 21.9 Å². The summed E-state index contributed by atoms with van der Waals surface area (Å²) in [5, 5.41) is 19.3. The number of carbonyl (C=O) groups excluding carboxylic acids is 1. The highest BCUT2D eigenvalue weighted by Crippen LogP contribution is 2.69. The average Bonchev–Trinajstić information content (AvgIpc) is 3.25. The van der Waals surface area contributed by atoms with E-state index in [-0.39, 0.29) is 29.5 Å². The topological polar surface area (TPSA) is 168 Å². The van der Waals surface area contributed by atoms with Crippen LogP contribution in [0.4, 0.5) is 16.2 Å². The molecule has 2 fully saturated rings. The molecule has 6 rings (SSSR count). The predicted molar refractivity (Wildman–Crippen MR) is 179 cm³/mol. The fourth-order valence-electron chi connectivity index (χ4n) is 5.70. The van der Waals surface area contributed by atoms with E-state index < -0.39 is 48.4 Å². The van der Waals surface area contributed by atoms with E-state index >= 15 is 4.39 Å². The Balaban J connectivity index is 1.31. The Kier molecular flexibility index (Phi) is 8.65. The van der Waals surface area contributed by atoms with Crippen molar-refractivity contribution in [1.29, 1.82) is 0 Å². The third kappa shape index (κ3) is 5.81. The van der Waals surface area contributed by atoms with E-state index in [1.807, 2.05) is 51.1 Å². The predicted octanol–water partition coefficient (Wildman–Crippen LogP) is 4.45. The average molecular weight is 708 g/mol. The molecule has 2 aromatic heterocycles. The van der Waals surface area contributed by atoms with Crippen molar-refractivity contribution in [3.8, 4) is 5.75 Å². The molecule has 17 heteroatoms. The first-order chi connectivity index (χ1) is 22.2. The van der Waals surface area contributed by atoms with E-state index in [1.54, 1.807) is 26.1 Å². The number of nitrogens with two attached hydrogens (primary N) is 1. The number of aromatic nitrogens is 4. The van der Waals surface area contributed by atoms with Gasteiger partial charge in [-0.3, -0.25) is 13.9 Å². The summed E-state index contributed by atoms with van der Waals surface area (Å²) in [6.07, 6.45) is -3.51. The normalized spacial score (nSPS) is 27.3. The fraction of sp³-hybridized carbons (Fsp3) is 0.467. The summed E-state index contributed by atoms with van der Waals surface area (Å²) in [5.41, 5.74) is 2.14. The number of halogens is 2. The first-order valence-corrected chi connectivity index (χ1v) is 18.0. The Morgan fingerprint density at radius 1 is 1.28 bits per heavy atom. The first-order valence-electron chi connectivity index (χ1n) is 14.8. The molecule has 5 N–H and O–H groups in total. The van der Waals surface area contributed by atoms with Crippen LogP contribution in [0, 0.1) is 5.41 Å². The van der Waals surface area contributed by atoms with Gasteiger partial charge < -0.3 is 30.2 Å². The number of hydrogen-bond donors (Lipinski definition) is 4. The molecule has 3 heterocycles. The van der Waals surface area contributed by atoms with Gasteiger partial charge in [0.05, 0.1) is 18.8 Å². The van der Waals surface area contributed by atoms with E-state index in [2.05, 4.69) is 25.4 Å². The highest BCUT2D eigenvalue weighted by molar-refractivity contribution is 8.09. The second kappa shape index (κ2) is 12.1. The van der Waals surface area contributed by atoms with Crippen molar-refractivity contribution in [3.05, 3.63) is 48.8 Å². The Bertz CT molecular complexity index is 1890. The Labute approximate surface area is 280 Å². The van der Waals surface area contributed by atoms with Crippen molar-refractivity contribution in [2.45, 2.75) is 63.4 Å². The molecule has 7 atom stereocenters. The molecule has 13 nitrogen and oxygen atoms in total. The second-order valence-electron chi connectivity index (χ2n) is 12.8. The van der Waals surface area contributed by atoms with Crippen LogP contribution in [0.1, 0.15) is 33.9 Å². The van der Waals surface area contributed by atoms with Crippen LogP contribution < -0.4 is 20.7 Å². The molecule has 0 amide bonds. The highest BCUT2D eigenvalue weighted by atomic mass is 35.5. The number of rotatable bonds is 11. The molecule has 0 radical (unpaired) electrons. The molecule has 1 saturated heterocycles. The summed E-state index contributed by atoms with van der Waals surface area (Å²) < 4.78 is 42.1. The van der Waals surface area contributed by atoms with Crippen LogP contribution in [0.3, 0.4) is 0 Å². The molecular formula is C30H36ClFN7O6PS. The summed E-state index contributed by atoms with van der Waals surface area (Å²) in [6.45, 7) is 3.75. The third-order valence-corrected chi connectivity index (χ3v) is 11.0. The van der Waals surface area contributed by atoms with Gasteiger partial charge >= 0.3 is 12.6 Å². The Morgan fingerprint density at radius 3 is 2.68 bits per heavy atom. The second-order valence-corrected chi connectivity index (χ2v) is 16.2. The van der Waals surface area contributed by atoms with Gasteiger partial charge in [0.15, 0.2) is 35.0 Å². The van der Waals surface area contributed by atoms with Crippen molar-refractivity contribution < 1.29 is 32.8 Å². The molecular weight excluding hydrogens is 672 g/mol. The number of aliphatic hydroxyl groups is 1. The molecule has 0 bridgehead atoms. The largest absolute Gasteiger partial charge is 0.464 e. The summed E-state index contributed by atoms with van der Waals surface area (Å²) in [4.78, 5) is 25.6. The zero-order chi connectivity index (χ0) is 33.9. The maximum absolute atomic E-state index is 16.5. The minimum absolute atomic E-state index is 0.0679. The van der Waals surface area contributed by atoms with Gasteiger partial charge in [-0.15, -0.1) is 11.6 Å². The van der Waals surface area contributed by atoms with Gasteiger partial charge in [0.25, 0.3) is 0 Å². The van der Waals surface area contributed by atoms with Crippen LogP contribution in [0.2, 0.25) is 0 Å². The van der Waals surface area contributed by atoms with Gasteiger partial charge in [-0.2, -0.15) is 9.97 Å². The van der Waals surface area contributed by atoms with E-state index in [0.717, 1.165) is 10.8 Å². The molecule has 4 aromatic rings. The van der Waals surface area contributed by atoms with Crippen molar-refractivity contribution >= 4 is 69.7 Å². The summed E-state index contributed by atoms with van der Waals surface area (Å²) in [5.74, 6) is -0.311. The molecule has 0 spiro atoms. The Morgan fingerprint density at radius 2 is 2.00 bits per heavy atom. The van der Waals surface area contributed by atoms with Gasteiger partial charge in [0, 0.05) is 12.4 Å². The lowest BCUT2D eigenvalue weighted by Gasteiger charge is -2.30. The molecule has 1 saturated carbocycles. The van der Waals surface area contributed by atoms with Crippen LogP contribution >= 0.6 is 18.2 Å². The number of alkyl halides is 2. The molecule has 1 aliphatic heterocycles. The van der Waals surface area contributed by atoms with Gasteiger partial charge in [-0.25, -0.2) is 14.5 Å². The zero-order valence-corrected chi connectivity index (χ0v) is 28.8. The number of hydrogen-bond acceptors (Lipinski definition) is 12. The van der Waals surface area contributed by atoms with Crippen molar-refractivity contribution in [2.24, 2.45) is 5.41 Å². The van der Waals surface area contributed by atoms with E-state index in [1.165, 1.54) is 10.9 Å². The standard InChI is InChI=1S/C30H36ClFN7O6PS/c1-16(25(40)42-14-28(2,3)4)38-46(47,44-19-12-8-10-17-9-6-7-11-18(17)19)45-26-29(13-31)30(26,41)21(32)24(43-29)39-15-35-20-22(34-5)36-27(33)37-23(20)39/h6-12,15-16,21,24,26,41H,13-14H2,1-5H3,(H,38,47)(H3,33,34,36,37)/t16-,21-,24+,26?,29+,30+,46?/m0/s1. The first kappa shape index (κ1) is 33.7. The minimum Gasteiger partial charge on any atom is -0.464 e. The maximum atomic E-state index is 16.5. The van der Waals surface area contributed by atoms with Gasteiger partial charge in [-0.05, 0) is 35.6 Å². The lowest BCUT2D eigenvalue weighted by Crippen LogP contribution is -2.38. The molecule has 252 valence electrons. The van der Waals surface area contributed by atoms with Crippen LogP contribution in [0.15, 0.2) is 48.8 Å². The van der Waals surface area contributed by atoms with Crippen molar-refractivity contribution in [3.63, 3.8) is 0 Å². The number of imidazole rings is 1. The van der Waals surface area contributed by atoms with Gasteiger partial charge in [0.1, 0.15) is 23.5 Å². The summed E-state index contributed by atoms with van der Waals surface area (Å²) in [6, 6.07) is 11.9. The lowest BCUT2D eigenvalue weighted by molar-refractivity contribution is -0.148. The lowest BCUT2D eigenvalue weighted by atomic mass is 9.99. The number of esters is 1. The van der Waals surface area contributed by atoms with Crippen molar-refractivity contribution in [1.82, 2.24) is 24.6 Å². The molecule has 2 unspecified atom stereocenters. The molecule has 47 heavy (non-hydrogen) atoms. The smallest absolute Gasteiger partial charge is 0.323 e. The number of anilines is 2. The van der Waals surface area contributed by atoms with Gasteiger partial charge in [0.2, 0.25) is 5.95 Å². The van der Waals surface area contributed by atoms with Crippen LogP contribution in [0.5, 0.6) is 5.75 Å². The van der Waals surface area contributed by atoms with E-state index in [0.29, 0.717) is 17.1 Å². The van der Waals surface area contributed by atoms with Crippen LogP contribution in [-0.4, -0.2) is 79.6 Å². The number of ether oxygens (including phenoxy) is 2. The van der Waals surface area contributed by atoms with E-state index in [4.69, 9.17) is 47.7 Å². The van der Waals surface area contributed by atoms with Crippen LogP contribution in [-0.2, 0) is 30.6 Å². The van der Waals surface area contributed by atoms with Crippen molar-refractivity contribution in [2.75, 3.05) is 30.6 Å². The SMILES string of the molecule is CNc1nc(N)nc2c1ncn2[C@@H]1O[C@]2(CCl)C(OP(=S)(N[C@@H](C)C(=O)OCC(C)(C)C)Oc3cccc4ccccc34)[C@]2(O)[C@H]1F. The number of benzene rings is 2.